The van der Waals surface area contributed by atoms with Crippen LogP contribution in [0.2, 0.25) is 0 Å². The average molecular weight is 250 g/mol. The van der Waals surface area contributed by atoms with Gasteiger partial charge in [-0.3, -0.25) is 4.79 Å². The molecule has 0 unspecified atom stereocenters. The van der Waals surface area contributed by atoms with Crippen LogP contribution in [0.5, 0.6) is 5.75 Å². The van der Waals surface area contributed by atoms with Gasteiger partial charge in [0.05, 0.1) is 13.2 Å². The predicted octanol–water partition coefficient (Wildman–Crippen LogP) is 1.70. The maximum absolute atomic E-state index is 11.8. The summed E-state index contributed by atoms with van der Waals surface area (Å²) >= 11 is 0. The fourth-order valence-electron chi connectivity index (χ4n) is 1.66. The number of hydrogen-bond acceptors (Lipinski definition) is 3. The third kappa shape index (κ3) is 4.75. The number of ether oxygens (including phenoxy) is 1. The number of carbonyl (C=O) groups excluding carboxylic acids is 1. The second-order valence-corrected chi connectivity index (χ2v) is 4.61. The van der Waals surface area contributed by atoms with Gasteiger partial charge in [-0.1, -0.05) is 26.0 Å². The number of hydrogen-bond donors (Lipinski definition) is 2. The number of amides is 1. The van der Waals surface area contributed by atoms with Crippen LogP contribution in [0.1, 0.15) is 26.3 Å². The molecule has 0 saturated carbocycles. The molecule has 1 aromatic rings. The van der Waals surface area contributed by atoms with Crippen LogP contribution in [0, 0.1) is 0 Å². The predicted molar refractivity (Wildman–Crippen MR) is 72.6 cm³/mol. The summed E-state index contributed by atoms with van der Waals surface area (Å²) in [7, 11) is 1.63. The highest BCUT2D eigenvalue weighted by atomic mass is 16.5. The Labute approximate surface area is 109 Å². The fraction of sp³-hybridized carbons (Fsp3) is 0.500. The Kier molecular flexibility index (Phi) is 5.65. The Morgan fingerprint density at radius 1 is 1.22 bits per heavy atom. The first kappa shape index (κ1) is 14.5. The van der Waals surface area contributed by atoms with Gasteiger partial charge >= 0.3 is 0 Å². The van der Waals surface area contributed by atoms with Crippen molar-refractivity contribution < 1.29 is 9.53 Å². The molecular weight excluding hydrogens is 228 g/mol. The lowest BCUT2D eigenvalue weighted by Crippen LogP contribution is -2.44. The average Bonchev–Trinajstić information content (AvgIpc) is 2.35. The van der Waals surface area contributed by atoms with E-state index in [0.29, 0.717) is 12.6 Å². The van der Waals surface area contributed by atoms with E-state index < -0.39 is 0 Å². The Morgan fingerprint density at radius 2 is 1.83 bits per heavy atom. The van der Waals surface area contributed by atoms with Gasteiger partial charge < -0.3 is 15.4 Å². The molecule has 4 nitrogen and oxygen atoms in total. The van der Waals surface area contributed by atoms with E-state index >= 15 is 0 Å². The van der Waals surface area contributed by atoms with Gasteiger partial charge in [-0.25, -0.2) is 0 Å². The van der Waals surface area contributed by atoms with Crippen LogP contribution >= 0.6 is 0 Å². The van der Waals surface area contributed by atoms with Crippen LogP contribution in [0.15, 0.2) is 24.3 Å². The molecule has 0 aliphatic rings. The molecular formula is C14H22N2O2. The minimum Gasteiger partial charge on any atom is -0.497 e. The van der Waals surface area contributed by atoms with Crippen molar-refractivity contribution in [3.05, 3.63) is 29.8 Å². The van der Waals surface area contributed by atoms with Gasteiger partial charge in [0.15, 0.2) is 0 Å². The molecule has 0 aliphatic carbocycles. The fourth-order valence-corrected chi connectivity index (χ4v) is 1.66. The van der Waals surface area contributed by atoms with Crippen molar-refractivity contribution in [3.63, 3.8) is 0 Å². The molecule has 0 aliphatic heterocycles. The molecule has 0 spiro atoms. The van der Waals surface area contributed by atoms with Gasteiger partial charge in [-0.15, -0.1) is 0 Å². The maximum atomic E-state index is 11.8. The van der Waals surface area contributed by atoms with E-state index in [2.05, 4.69) is 10.6 Å². The molecule has 1 aromatic carbocycles. The molecule has 2 N–H and O–H groups in total. The summed E-state index contributed by atoms with van der Waals surface area (Å²) in [6.07, 6.45) is 0. The minimum absolute atomic E-state index is 0.0134. The molecule has 0 fully saturated rings. The summed E-state index contributed by atoms with van der Waals surface area (Å²) in [5.41, 5.74) is 1.06. The monoisotopic (exact) mass is 250 g/mol. The lowest BCUT2D eigenvalue weighted by atomic mass is 10.2. The molecule has 1 rings (SSSR count). The van der Waals surface area contributed by atoms with Crippen molar-refractivity contribution >= 4 is 5.91 Å². The van der Waals surface area contributed by atoms with Crippen LogP contribution in [0.25, 0.3) is 0 Å². The summed E-state index contributed by atoms with van der Waals surface area (Å²) in [6, 6.07) is 7.78. The summed E-state index contributed by atoms with van der Waals surface area (Å²) in [5.74, 6) is 0.833. The van der Waals surface area contributed by atoms with Gasteiger partial charge in [0.1, 0.15) is 5.75 Å². The number of benzene rings is 1. The minimum atomic E-state index is -0.178. The molecule has 4 heteroatoms. The number of methoxy groups -OCH3 is 1. The van der Waals surface area contributed by atoms with Gasteiger partial charge in [0, 0.05) is 12.6 Å². The highest BCUT2D eigenvalue weighted by Gasteiger charge is 2.12. The van der Waals surface area contributed by atoms with Crippen molar-refractivity contribution in [1.82, 2.24) is 10.6 Å². The molecule has 0 heterocycles. The van der Waals surface area contributed by atoms with Crippen LogP contribution in [0.3, 0.4) is 0 Å². The van der Waals surface area contributed by atoms with E-state index in [4.69, 9.17) is 4.74 Å². The van der Waals surface area contributed by atoms with Gasteiger partial charge in [0.2, 0.25) is 5.91 Å². The summed E-state index contributed by atoms with van der Waals surface area (Å²) in [5, 5.41) is 6.06. The quantitative estimate of drug-likeness (QED) is 0.808. The van der Waals surface area contributed by atoms with E-state index in [0.717, 1.165) is 11.3 Å². The standard InChI is InChI=1S/C14H22N2O2/c1-10(2)16-11(3)14(17)15-9-12-5-7-13(18-4)8-6-12/h5-8,10-11,16H,9H2,1-4H3,(H,15,17)/t11-/m0/s1. The topological polar surface area (TPSA) is 50.4 Å². The highest BCUT2D eigenvalue weighted by molar-refractivity contribution is 5.81. The molecule has 0 radical (unpaired) electrons. The van der Waals surface area contributed by atoms with Gasteiger partial charge in [0.25, 0.3) is 0 Å². The Balaban J connectivity index is 2.41. The number of nitrogens with one attached hydrogen (secondary N) is 2. The first-order valence-corrected chi connectivity index (χ1v) is 6.19. The van der Waals surface area contributed by atoms with E-state index in [1.165, 1.54) is 0 Å². The second kappa shape index (κ2) is 7.01. The van der Waals surface area contributed by atoms with Crippen LogP contribution in [-0.2, 0) is 11.3 Å². The molecule has 0 saturated heterocycles. The largest absolute Gasteiger partial charge is 0.497 e. The summed E-state index contributed by atoms with van der Waals surface area (Å²) < 4.78 is 5.08. The lowest BCUT2D eigenvalue weighted by molar-refractivity contribution is -0.123. The lowest BCUT2D eigenvalue weighted by Gasteiger charge is -2.16. The second-order valence-electron chi connectivity index (χ2n) is 4.61. The van der Waals surface area contributed by atoms with Crippen molar-refractivity contribution in [3.8, 4) is 5.75 Å². The summed E-state index contributed by atoms with van der Waals surface area (Å²) in [6.45, 7) is 6.44. The van der Waals surface area contributed by atoms with Gasteiger partial charge in [-0.2, -0.15) is 0 Å². The third-order valence-corrected chi connectivity index (χ3v) is 2.60. The zero-order chi connectivity index (χ0) is 13.5. The summed E-state index contributed by atoms with van der Waals surface area (Å²) in [4.78, 5) is 11.8. The van der Waals surface area contributed by atoms with Crippen molar-refractivity contribution in [2.75, 3.05) is 7.11 Å². The molecule has 0 bridgehead atoms. The van der Waals surface area contributed by atoms with E-state index in [-0.39, 0.29) is 11.9 Å². The Bertz CT molecular complexity index is 374. The van der Waals surface area contributed by atoms with E-state index in [1.54, 1.807) is 7.11 Å². The molecule has 18 heavy (non-hydrogen) atoms. The van der Waals surface area contributed by atoms with E-state index in [9.17, 15) is 4.79 Å². The smallest absolute Gasteiger partial charge is 0.237 e. The van der Waals surface area contributed by atoms with Crippen LogP contribution < -0.4 is 15.4 Å². The zero-order valence-electron chi connectivity index (χ0n) is 11.5. The zero-order valence-corrected chi connectivity index (χ0v) is 11.5. The molecule has 1 amide bonds. The Morgan fingerprint density at radius 3 is 2.33 bits per heavy atom. The van der Waals surface area contributed by atoms with Gasteiger partial charge in [-0.05, 0) is 24.6 Å². The molecule has 100 valence electrons. The van der Waals surface area contributed by atoms with Crippen molar-refractivity contribution in [1.29, 1.82) is 0 Å². The van der Waals surface area contributed by atoms with Crippen molar-refractivity contribution in [2.45, 2.75) is 39.4 Å². The number of rotatable bonds is 6. The van der Waals surface area contributed by atoms with E-state index in [1.807, 2.05) is 45.0 Å². The first-order chi connectivity index (χ1) is 8.52. The maximum Gasteiger partial charge on any atom is 0.237 e. The van der Waals surface area contributed by atoms with Crippen LogP contribution in [0.4, 0.5) is 0 Å². The molecule has 1 atom stereocenters. The number of carbonyl (C=O) groups is 1. The Hall–Kier alpha value is -1.55. The molecule has 0 aromatic heterocycles. The third-order valence-electron chi connectivity index (χ3n) is 2.60. The first-order valence-electron chi connectivity index (χ1n) is 6.19. The highest BCUT2D eigenvalue weighted by Crippen LogP contribution is 2.10. The SMILES string of the molecule is COc1ccc(CNC(=O)[C@H](C)NC(C)C)cc1. The normalized spacial score (nSPS) is 12.3. The van der Waals surface area contributed by atoms with Crippen LogP contribution in [-0.4, -0.2) is 25.1 Å². The van der Waals surface area contributed by atoms with Crippen molar-refractivity contribution in [2.24, 2.45) is 0 Å².